The molecule has 5 nitrogen and oxygen atoms in total. The van der Waals surface area contributed by atoms with Gasteiger partial charge in [0, 0.05) is 11.0 Å². The first-order valence-electron chi connectivity index (χ1n) is 9.04. The number of nitrogens with two attached hydrogens (primary N) is 1. The number of nitrogens with zero attached hydrogens (tertiary/aromatic N) is 1. The first kappa shape index (κ1) is 18.2. The second-order valence-electron chi connectivity index (χ2n) is 10.1. The lowest BCUT2D eigenvalue weighted by Crippen LogP contribution is -2.56. The fourth-order valence-corrected chi connectivity index (χ4v) is 6.38. The summed E-state index contributed by atoms with van der Waals surface area (Å²) in [5.41, 5.74) is 0.809. The lowest BCUT2D eigenvalue weighted by molar-refractivity contribution is -0.161. The van der Waals surface area contributed by atoms with Gasteiger partial charge in [0.2, 0.25) is 5.78 Å². The van der Waals surface area contributed by atoms with Gasteiger partial charge >= 0.3 is 5.97 Å². The third-order valence-electron chi connectivity index (χ3n) is 6.33. The van der Waals surface area contributed by atoms with Crippen molar-refractivity contribution >= 4 is 17.5 Å². The summed E-state index contributed by atoms with van der Waals surface area (Å²) in [4.78, 5) is 26.4. The summed E-state index contributed by atoms with van der Waals surface area (Å²) in [6, 6.07) is 0. The van der Waals surface area contributed by atoms with E-state index in [0.717, 1.165) is 24.8 Å². The number of methoxy groups -OCH3 is 1. The second kappa shape index (κ2) is 5.18. The summed E-state index contributed by atoms with van der Waals surface area (Å²) in [6.07, 6.45) is 3.92. The van der Waals surface area contributed by atoms with Crippen molar-refractivity contribution < 1.29 is 14.3 Å². The summed E-state index contributed by atoms with van der Waals surface area (Å²) < 4.78 is 5.23. The maximum atomic E-state index is 13.4. The van der Waals surface area contributed by atoms with Crippen molar-refractivity contribution in [2.75, 3.05) is 7.11 Å². The number of allylic oxidation sites excluding steroid dienone is 1. The maximum absolute atomic E-state index is 13.4. The molecule has 2 bridgehead atoms. The molecule has 2 unspecified atom stereocenters. The fraction of sp³-hybridized carbons (Fsp3) is 0.750. The Labute approximate surface area is 150 Å². The lowest BCUT2D eigenvalue weighted by atomic mass is 9.45. The van der Waals surface area contributed by atoms with Crippen LogP contribution in [0.25, 0.3) is 0 Å². The van der Waals surface area contributed by atoms with Gasteiger partial charge in [-0.15, -0.1) is 0 Å². The number of hydrazone groups is 1. The van der Waals surface area contributed by atoms with Gasteiger partial charge in [-0.25, -0.2) is 0 Å². The highest BCUT2D eigenvalue weighted by molar-refractivity contribution is 6.49. The van der Waals surface area contributed by atoms with E-state index in [1.54, 1.807) is 0 Å². The van der Waals surface area contributed by atoms with Crippen LogP contribution in [0.2, 0.25) is 0 Å². The van der Waals surface area contributed by atoms with Gasteiger partial charge in [0.15, 0.2) is 0 Å². The van der Waals surface area contributed by atoms with E-state index in [4.69, 9.17) is 10.6 Å². The van der Waals surface area contributed by atoms with Crippen LogP contribution in [0, 0.1) is 21.7 Å². The van der Waals surface area contributed by atoms with Crippen LogP contribution in [-0.2, 0) is 14.3 Å². The lowest BCUT2D eigenvalue weighted by Gasteiger charge is -2.57. The van der Waals surface area contributed by atoms with Crippen molar-refractivity contribution in [3.63, 3.8) is 0 Å². The molecule has 2 N–H and O–H groups in total. The van der Waals surface area contributed by atoms with Crippen LogP contribution >= 0.6 is 0 Å². The zero-order valence-corrected chi connectivity index (χ0v) is 16.3. The van der Waals surface area contributed by atoms with Crippen LogP contribution in [0.5, 0.6) is 0 Å². The Hall–Kier alpha value is -1.65. The molecule has 0 spiro atoms. The molecule has 0 aliphatic heterocycles. The Bertz CT molecular complexity index is 716. The molecule has 0 aromatic rings. The molecule has 0 heterocycles. The van der Waals surface area contributed by atoms with E-state index in [2.05, 4.69) is 25.9 Å². The second-order valence-corrected chi connectivity index (χ2v) is 10.1. The minimum absolute atomic E-state index is 0.00247. The zero-order valence-electron chi connectivity index (χ0n) is 16.3. The number of carbonyl (C=O) groups excluding carboxylic acids is 2. The van der Waals surface area contributed by atoms with Crippen LogP contribution in [0.1, 0.15) is 66.7 Å². The fourth-order valence-electron chi connectivity index (χ4n) is 6.38. The molecular weight excluding hydrogens is 316 g/mol. The van der Waals surface area contributed by atoms with Crippen molar-refractivity contribution in [3.8, 4) is 0 Å². The largest absolute Gasteiger partial charge is 0.468 e. The molecule has 0 radical (unpaired) electrons. The molecule has 2 atom stereocenters. The molecule has 1 fully saturated rings. The standard InChI is InChI=1S/C20H30N2O3/c1-17(2)9-19(5)8-12-7-18(3,4)15(22-21)14(23)13(12)20(10-17,11-19)16(24)25-6/h7-11,21H2,1-6H3/b22-15-. The van der Waals surface area contributed by atoms with Crippen molar-refractivity contribution in [2.24, 2.45) is 32.6 Å². The van der Waals surface area contributed by atoms with E-state index in [9.17, 15) is 9.59 Å². The van der Waals surface area contributed by atoms with Gasteiger partial charge in [-0.05, 0) is 42.9 Å². The maximum Gasteiger partial charge on any atom is 0.316 e. The average molecular weight is 346 g/mol. The minimum atomic E-state index is -0.873. The third kappa shape index (κ3) is 2.54. The highest BCUT2D eigenvalue weighted by atomic mass is 16.5. The molecule has 3 rings (SSSR count). The number of ketones is 1. The molecule has 138 valence electrons. The summed E-state index contributed by atoms with van der Waals surface area (Å²) in [5.74, 6) is 5.14. The van der Waals surface area contributed by atoms with Crippen LogP contribution in [0.4, 0.5) is 0 Å². The van der Waals surface area contributed by atoms with E-state index in [0.29, 0.717) is 24.1 Å². The molecule has 0 aromatic heterocycles. The number of carbonyl (C=O) groups is 2. The van der Waals surface area contributed by atoms with Gasteiger partial charge in [-0.3, -0.25) is 9.59 Å². The van der Waals surface area contributed by atoms with Crippen molar-refractivity contribution in [1.29, 1.82) is 0 Å². The molecular formula is C20H30N2O3. The predicted molar refractivity (Wildman–Crippen MR) is 96.9 cm³/mol. The molecule has 3 aliphatic carbocycles. The number of fused-ring (bicyclic) bond motifs is 3. The van der Waals surface area contributed by atoms with Crippen molar-refractivity contribution in [3.05, 3.63) is 11.1 Å². The summed E-state index contributed by atoms with van der Waals surface area (Å²) in [5, 5.41) is 3.83. The van der Waals surface area contributed by atoms with E-state index in [1.165, 1.54) is 7.11 Å². The van der Waals surface area contributed by atoms with E-state index >= 15 is 0 Å². The molecule has 5 heteroatoms. The number of hydrogen-bond donors (Lipinski definition) is 1. The Morgan fingerprint density at radius 3 is 2.28 bits per heavy atom. The van der Waals surface area contributed by atoms with Crippen LogP contribution in [0.15, 0.2) is 16.2 Å². The Morgan fingerprint density at radius 1 is 1.08 bits per heavy atom. The van der Waals surface area contributed by atoms with Crippen LogP contribution in [-0.4, -0.2) is 24.6 Å². The summed E-state index contributed by atoms with van der Waals surface area (Å²) >= 11 is 0. The number of hydrogen-bond acceptors (Lipinski definition) is 5. The van der Waals surface area contributed by atoms with E-state index < -0.39 is 10.8 Å². The summed E-state index contributed by atoms with van der Waals surface area (Å²) in [6.45, 7) is 10.6. The highest BCUT2D eigenvalue weighted by Crippen LogP contribution is 2.65. The summed E-state index contributed by atoms with van der Waals surface area (Å²) in [7, 11) is 1.42. The molecule has 0 aromatic carbocycles. The van der Waals surface area contributed by atoms with E-state index in [1.807, 2.05) is 13.8 Å². The Morgan fingerprint density at radius 2 is 1.72 bits per heavy atom. The molecule has 0 saturated heterocycles. The molecule has 25 heavy (non-hydrogen) atoms. The molecule has 3 aliphatic rings. The topological polar surface area (TPSA) is 81.8 Å². The SMILES string of the molecule is COC(=O)C12CC(C)(C)CC(C)(CC3=C1C(=O)/C(=N/N)C(C)(C)C3)C2. The smallest absolute Gasteiger partial charge is 0.316 e. The third-order valence-corrected chi connectivity index (χ3v) is 6.33. The highest BCUT2D eigenvalue weighted by Gasteiger charge is 2.62. The quantitative estimate of drug-likeness (QED) is 0.448. The minimum Gasteiger partial charge on any atom is -0.468 e. The zero-order chi connectivity index (χ0) is 18.8. The average Bonchev–Trinajstić information content (AvgIpc) is 2.41. The van der Waals surface area contributed by atoms with Crippen molar-refractivity contribution in [1.82, 2.24) is 0 Å². The molecule has 0 amide bonds. The Kier molecular flexibility index (Phi) is 3.76. The van der Waals surface area contributed by atoms with Gasteiger partial charge < -0.3 is 10.6 Å². The van der Waals surface area contributed by atoms with E-state index in [-0.39, 0.29) is 22.6 Å². The molecule has 1 saturated carbocycles. The Balaban J connectivity index is 2.28. The number of Topliss-reactive ketones (excluding diaryl/α,β-unsaturated/α-hetero) is 1. The van der Waals surface area contributed by atoms with Crippen LogP contribution < -0.4 is 5.84 Å². The number of esters is 1. The number of rotatable bonds is 1. The monoisotopic (exact) mass is 346 g/mol. The van der Waals surface area contributed by atoms with Gasteiger partial charge in [-0.1, -0.05) is 40.2 Å². The normalized spacial score (nSPS) is 37.7. The van der Waals surface area contributed by atoms with Crippen molar-refractivity contribution in [2.45, 2.75) is 66.7 Å². The van der Waals surface area contributed by atoms with Gasteiger partial charge in [0.05, 0.1) is 12.5 Å². The number of ether oxygens (including phenoxy) is 1. The van der Waals surface area contributed by atoms with Gasteiger partial charge in [-0.2, -0.15) is 5.10 Å². The predicted octanol–water partition coefficient (Wildman–Crippen LogP) is 3.38. The van der Waals surface area contributed by atoms with Gasteiger partial charge in [0.1, 0.15) is 5.71 Å². The first-order chi connectivity index (χ1) is 11.4. The first-order valence-corrected chi connectivity index (χ1v) is 9.04. The van der Waals surface area contributed by atoms with Crippen LogP contribution in [0.3, 0.4) is 0 Å². The van der Waals surface area contributed by atoms with Gasteiger partial charge in [0.25, 0.3) is 0 Å².